The van der Waals surface area contributed by atoms with Gasteiger partial charge in [0.2, 0.25) is 0 Å². The molecule has 2 N–H and O–H groups in total. The SMILES string of the molecule is C=CCO[PH2]=O.O. The highest BCUT2D eigenvalue weighted by atomic mass is 31.1. The molecule has 0 radical (unpaired) electrons. The first-order chi connectivity index (χ1) is 2.91. The molecular formula is C3H9O3P. The molecule has 4 heteroatoms. The van der Waals surface area contributed by atoms with Crippen LogP contribution in [0.25, 0.3) is 0 Å². The lowest BCUT2D eigenvalue weighted by Gasteiger charge is -1.79. The number of rotatable bonds is 3. The van der Waals surface area contributed by atoms with Crippen LogP contribution >= 0.6 is 8.69 Å². The van der Waals surface area contributed by atoms with Crippen molar-refractivity contribution in [1.29, 1.82) is 0 Å². The molecule has 0 spiro atoms. The Morgan fingerprint density at radius 3 is 2.57 bits per heavy atom. The number of hydrogen-bond acceptors (Lipinski definition) is 2. The van der Waals surface area contributed by atoms with Crippen LogP contribution in [0.15, 0.2) is 12.7 Å². The summed E-state index contributed by atoms with van der Waals surface area (Å²) in [5.41, 5.74) is 0. The predicted molar refractivity (Wildman–Crippen MR) is 30.2 cm³/mol. The van der Waals surface area contributed by atoms with E-state index in [0.717, 1.165) is 0 Å². The van der Waals surface area contributed by atoms with Gasteiger partial charge in [0.05, 0.1) is 6.61 Å². The Bertz CT molecular complexity index is 46.1. The van der Waals surface area contributed by atoms with Gasteiger partial charge in [0, 0.05) is 0 Å². The summed E-state index contributed by atoms with van der Waals surface area (Å²) in [6.45, 7) is 3.75. The highest BCUT2D eigenvalue weighted by Gasteiger charge is 1.65. The lowest BCUT2D eigenvalue weighted by atomic mass is 10.7. The highest BCUT2D eigenvalue weighted by molar-refractivity contribution is 7.17. The molecule has 1 unspecified atom stereocenters. The fourth-order valence-electron chi connectivity index (χ4n) is 0.107. The van der Waals surface area contributed by atoms with Crippen LogP contribution in [-0.2, 0) is 9.09 Å². The molecule has 44 valence electrons. The first kappa shape index (κ1) is 10.00. The van der Waals surface area contributed by atoms with Crippen molar-refractivity contribution in [3.63, 3.8) is 0 Å². The molecule has 0 rings (SSSR count). The minimum Gasteiger partial charge on any atom is -0.412 e. The van der Waals surface area contributed by atoms with Crippen LogP contribution in [-0.4, -0.2) is 12.1 Å². The molecular weight excluding hydrogens is 115 g/mol. The Morgan fingerprint density at radius 1 is 1.86 bits per heavy atom. The van der Waals surface area contributed by atoms with Gasteiger partial charge in [-0.05, 0) is 0 Å². The van der Waals surface area contributed by atoms with E-state index in [1.807, 2.05) is 0 Å². The van der Waals surface area contributed by atoms with E-state index >= 15 is 0 Å². The molecule has 0 fully saturated rings. The second-order valence-electron chi connectivity index (χ2n) is 0.718. The molecule has 0 aromatic heterocycles. The van der Waals surface area contributed by atoms with Crippen molar-refractivity contribution in [3.8, 4) is 0 Å². The van der Waals surface area contributed by atoms with Crippen LogP contribution in [0.4, 0.5) is 0 Å². The van der Waals surface area contributed by atoms with E-state index < -0.39 is 8.69 Å². The molecule has 0 saturated carbocycles. The minimum absolute atomic E-state index is 0. The van der Waals surface area contributed by atoms with Crippen molar-refractivity contribution in [2.24, 2.45) is 0 Å². The highest BCUT2D eigenvalue weighted by Crippen LogP contribution is 1.90. The van der Waals surface area contributed by atoms with Gasteiger partial charge in [-0.3, -0.25) is 4.57 Å². The molecule has 1 atom stereocenters. The second-order valence-corrected chi connectivity index (χ2v) is 1.24. The summed E-state index contributed by atoms with van der Waals surface area (Å²) in [4.78, 5) is 0. The van der Waals surface area contributed by atoms with E-state index in [4.69, 9.17) is 0 Å². The van der Waals surface area contributed by atoms with Crippen LogP contribution in [0.2, 0.25) is 0 Å². The summed E-state index contributed by atoms with van der Waals surface area (Å²) in [7, 11) is -1.04. The fourth-order valence-corrected chi connectivity index (χ4v) is 0.322. The van der Waals surface area contributed by atoms with Gasteiger partial charge in [0.25, 0.3) is 0 Å². The lowest BCUT2D eigenvalue weighted by Crippen LogP contribution is -1.69. The third-order valence-corrected chi connectivity index (χ3v) is 0.611. The summed E-state index contributed by atoms with van der Waals surface area (Å²) in [6.07, 6.45) is 1.56. The van der Waals surface area contributed by atoms with Crippen molar-refractivity contribution < 1.29 is 14.6 Å². The maximum atomic E-state index is 9.50. The van der Waals surface area contributed by atoms with E-state index in [2.05, 4.69) is 11.1 Å². The van der Waals surface area contributed by atoms with E-state index in [-0.39, 0.29) is 5.48 Å². The van der Waals surface area contributed by atoms with Gasteiger partial charge in [0.1, 0.15) is 0 Å². The van der Waals surface area contributed by atoms with Gasteiger partial charge in [-0.25, -0.2) is 0 Å². The summed E-state index contributed by atoms with van der Waals surface area (Å²) < 4.78 is 13.9. The molecule has 0 aromatic carbocycles. The summed E-state index contributed by atoms with van der Waals surface area (Å²) in [6, 6.07) is 0. The van der Waals surface area contributed by atoms with Crippen molar-refractivity contribution >= 4 is 8.69 Å². The predicted octanol–water partition coefficient (Wildman–Crippen LogP) is 0.0356. The summed E-state index contributed by atoms with van der Waals surface area (Å²) in [5.74, 6) is 0. The minimum atomic E-state index is -1.04. The molecule has 0 aliphatic rings. The zero-order valence-corrected chi connectivity index (χ0v) is 5.04. The molecule has 0 bridgehead atoms. The molecule has 0 aliphatic carbocycles. The Morgan fingerprint density at radius 2 is 2.43 bits per heavy atom. The van der Waals surface area contributed by atoms with E-state index in [0.29, 0.717) is 6.61 Å². The molecule has 0 saturated heterocycles. The molecule has 0 aliphatic heterocycles. The summed E-state index contributed by atoms with van der Waals surface area (Å²) >= 11 is 0. The van der Waals surface area contributed by atoms with Crippen molar-refractivity contribution in [1.82, 2.24) is 0 Å². The summed E-state index contributed by atoms with van der Waals surface area (Å²) in [5, 5.41) is 0. The molecule has 3 nitrogen and oxygen atoms in total. The Labute approximate surface area is 43.6 Å². The van der Waals surface area contributed by atoms with E-state index in [9.17, 15) is 4.57 Å². The monoisotopic (exact) mass is 124 g/mol. The van der Waals surface area contributed by atoms with Crippen LogP contribution in [0.3, 0.4) is 0 Å². The Kier molecular flexibility index (Phi) is 13.3. The Hall–Kier alpha value is -0.110. The molecule has 0 amide bonds. The van der Waals surface area contributed by atoms with Crippen LogP contribution in [0.5, 0.6) is 0 Å². The lowest BCUT2D eigenvalue weighted by molar-refractivity contribution is 0.387. The van der Waals surface area contributed by atoms with Gasteiger partial charge >= 0.3 is 0 Å². The van der Waals surface area contributed by atoms with Crippen LogP contribution in [0.1, 0.15) is 0 Å². The quantitative estimate of drug-likeness (QED) is 0.303. The van der Waals surface area contributed by atoms with Gasteiger partial charge < -0.3 is 10.00 Å². The fraction of sp³-hybridized carbons (Fsp3) is 0.333. The maximum Gasteiger partial charge on any atom is 0.180 e. The zero-order chi connectivity index (χ0) is 4.83. The first-order valence-electron chi connectivity index (χ1n) is 1.58. The number of hydrogen-bond donors (Lipinski definition) is 0. The van der Waals surface area contributed by atoms with Gasteiger partial charge in [-0.1, -0.05) is 6.08 Å². The first-order valence-corrected chi connectivity index (χ1v) is 2.52. The van der Waals surface area contributed by atoms with Crippen molar-refractivity contribution in [2.75, 3.05) is 6.61 Å². The van der Waals surface area contributed by atoms with Gasteiger partial charge in [0.15, 0.2) is 8.69 Å². The largest absolute Gasteiger partial charge is 0.412 e. The van der Waals surface area contributed by atoms with Gasteiger partial charge in [-0.15, -0.1) is 6.58 Å². The van der Waals surface area contributed by atoms with Crippen molar-refractivity contribution in [3.05, 3.63) is 12.7 Å². The standard InChI is InChI=1S/C3H7O2P.H2O/c1-2-3-5-6-4;/h2H,1,3,6H2;1H2. The second kappa shape index (κ2) is 9.31. The molecule has 7 heavy (non-hydrogen) atoms. The average molecular weight is 124 g/mol. The average Bonchev–Trinajstić information content (AvgIpc) is 1.61. The molecule has 0 heterocycles. The van der Waals surface area contributed by atoms with E-state index in [1.54, 1.807) is 6.08 Å². The van der Waals surface area contributed by atoms with Gasteiger partial charge in [-0.2, -0.15) is 0 Å². The van der Waals surface area contributed by atoms with Crippen molar-refractivity contribution in [2.45, 2.75) is 0 Å². The maximum absolute atomic E-state index is 9.50. The third kappa shape index (κ3) is 10.7. The van der Waals surface area contributed by atoms with Crippen LogP contribution in [0, 0.1) is 0 Å². The Balaban J connectivity index is 0. The van der Waals surface area contributed by atoms with Crippen LogP contribution < -0.4 is 0 Å². The van der Waals surface area contributed by atoms with E-state index in [1.165, 1.54) is 0 Å². The topological polar surface area (TPSA) is 57.8 Å². The zero-order valence-electron chi connectivity index (χ0n) is 3.89. The smallest absolute Gasteiger partial charge is 0.180 e. The normalized spacial score (nSPS) is 8.57. The third-order valence-electron chi connectivity index (χ3n) is 0.282. The molecule has 0 aromatic rings.